The molecule has 6 atom stereocenters. The maximum Gasteiger partial charge on any atom is 0.408 e. The average molecular weight is 645 g/mol. The Balaban J connectivity index is 1.55. The van der Waals surface area contributed by atoms with Crippen LogP contribution in [0, 0.1) is 17.3 Å². The zero-order chi connectivity index (χ0) is 33.4. The van der Waals surface area contributed by atoms with Gasteiger partial charge in [-0.15, -0.1) is 0 Å². The Kier molecular flexibility index (Phi) is 9.75. The van der Waals surface area contributed by atoms with Gasteiger partial charge in [0.25, 0.3) is 0 Å². The number of nitrogens with zero attached hydrogens (tertiary/aromatic N) is 3. The van der Waals surface area contributed by atoms with Gasteiger partial charge in [0.15, 0.2) is 5.78 Å². The minimum absolute atomic E-state index is 0.0968. The van der Waals surface area contributed by atoms with Gasteiger partial charge in [0.05, 0.1) is 30.7 Å². The zero-order valence-corrected chi connectivity index (χ0v) is 27.6. The molecule has 1 saturated heterocycles. The fraction of sp³-hybridized carbons (Fsp3) is 0.676. The largest absolute Gasteiger partial charge is 0.497 e. The number of amides is 2. The SMILES string of the molecule is CC[C@@H]1[C@@H]2CN(C(=O)[C@H](C(C)(C)C)NC(=O)O[C@]3(CC(F)F)C[C@H]3CCCCCc3nc4ccc(OC)cc4nc3O2)[C@@H]1C(C)=O. The lowest BCUT2D eigenvalue weighted by atomic mass is 9.85. The van der Waals surface area contributed by atoms with Gasteiger partial charge in [-0.05, 0) is 56.6 Å². The number of hydrogen-bond donors (Lipinski definition) is 1. The summed E-state index contributed by atoms with van der Waals surface area (Å²) in [6.45, 7) is 8.89. The molecular formula is C34H46F2N4O6. The van der Waals surface area contributed by atoms with Crippen molar-refractivity contribution in [2.24, 2.45) is 17.3 Å². The number of hydrogen-bond acceptors (Lipinski definition) is 8. The number of fused-ring (bicyclic) bond motifs is 5. The highest BCUT2D eigenvalue weighted by Gasteiger charge is 2.59. The summed E-state index contributed by atoms with van der Waals surface area (Å²) in [5.74, 6) is -0.192. The second-order valence-corrected chi connectivity index (χ2v) is 14.1. The second-order valence-electron chi connectivity index (χ2n) is 14.1. The first kappa shape index (κ1) is 33.8. The Labute approximate surface area is 268 Å². The smallest absolute Gasteiger partial charge is 0.408 e. The summed E-state index contributed by atoms with van der Waals surface area (Å²) in [7, 11) is 1.58. The standard InChI is InChI=1S/C34H46F2N4O6/c1-7-22-26-18-40(28(22)19(2)41)31(42)29(33(3,4)5)39-32(43)46-34(17-27(35)36)16-20(34)11-9-8-10-12-24-30(45-26)38-25-15-21(44-6)13-14-23(25)37-24/h13-15,20,22,26-29H,7-12,16-18H2,1-6H3,(H,39,43)/t20-,22-,26+,28-,29-,34+/m1/s1. The van der Waals surface area contributed by atoms with Crippen LogP contribution in [0.4, 0.5) is 13.6 Å². The van der Waals surface area contributed by atoms with E-state index < -0.39 is 54.1 Å². The molecule has 1 aromatic heterocycles. The number of methoxy groups -OCH3 is 1. The van der Waals surface area contributed by atoms with E-state index in [1.807, 2.05) is 19.1 Å². The van der Waals surface area contributed by atoms with Crippen LogP contribution < -0.4 is 14.8 Å². The van der Waals surface area contributed by atoms with Crippen molar-refractivity contribution in [2.75, 3.05) is 13.7 Å². The maximum atomic E-state index is 14.3. The van der Waals surface area contributed by atoms with Gasteiger partial charge < -0.3 is 24.4 Å². The Morgan fingerprint density at radius 1 is 1.17 bits per heavy atom. The summed E-state index contributed by atoms with van der Waals surface area (Å²) in [6.07, 6.45) is -0.171. The third-order valence-electron chi connectivity index (χ3n) is 9.75. The van der Waals surface area contributed by atoms with Crippen LogP contribution in [0.1, 0.15) is 85.3 Å². The lowest BCUT2D eigenvalue weighted by molar-refractivity contribution is -0.141. The molecule has 1 N–H and O–H groups in total. The molecule has 252 valence electrons. The second kappa shape index (κ2) is 13.3. The minimum Gasteiger partial charge on any atom is -0.497 e. The van der Waals surface area contributed by atoms with Gasteiger partial charge in [-0.1, -0.05) is 40.5 Å². The van der Waals surface area contributed by atoms with Crippen molar-refractivity contribution in [2.45, 2.75) is 116 Å². The highest BCUT2D eigenvalue weighted by Crippen LogP contribution is 2.53. The molecule has 2 aliphatic heterocycles. The fourth-order valence-corrected chi connectivity index (χ4v) is 7.23. The van der Waals surface area contributed by atoms with Crippen molar-refractivity contribution in [3.05, 3.63) is 23.9 Å². The van der Waals surface area contributed by atoms with Crippen LogP contribution in [0.3, 0.4) is 0 Å². The van der Waals surface area contributed by atoms with Crippen molar-refractivity contribution < 1.29 is 37.4 Å². The van der Waals surface area contributed by atoms with Gasteiger partial charge in [0.1, 0.15) is 29.2 Å². The van der Waals surface area contributed by atoms with Gasteiger partial charge in [-0.2, -0.15) is 0 Å². The van der Waals surface area contributed by atoms with E-state index in [-0.39, 0.29) is 24.2 Å². The summed E-state index contributed by atoms with van der Waals surface area (Å²) in [6, 6.07) is 3.59. The molecule has 3 aliphatic rings. The van der Waals surface area contributed by atoms with Crippen molar-refractivity contribution in [1.82, 2.24) is 20.2 Å². The van der Waals surface area contributed by atoms with E-state index in [4.69, 9.17) is 24.2 Å². The summed E-state index contributed by atoms with van der Waals surface area (Å²) in [5.41, 5.74) is -0.0674. The Bertz CT molecular complexity index is 1470. The third-order valence-corrected chi connectivity index (χ3v) is 9.75. The summed E-state index contributed by atoms with van der Waals surface area (Å²) >= 11 is 0. The first-order valence-electron chi connectivity index (χ1n) is 16.4. The van der Waals surface area contributed by atoms with Gasteiger partial charge in [-0.25, -0.2) is 23.5 Å². The number of nitrogens with one attached hydrogen (secondary N) is 1. The van der Waals surface area contributed by atoms with E-state index in [1.165, 1.54) is 11.8 Å². The van der Waals surface area contributed by atoms with E-state index in [2.05, 4.69) is 5.32 Å². The molecule has 0 spiro atoms. The topological polar surface area (TPSA) is 120 Å². The van der Waals surface area contributed by atoms with E-state index in [9.17, 15) is 23.2 Å². The molecule has 0 radical (unpaired) electrons. The number of ketones is 1. The molecule has 2 aromatic rings. The molecule has 10 nitrogen and oxygen atoms in total. The number of carbonyl (C=O) groups excluding carboxylic acids is 3. The van der Waals surface area contributed by atoms with Crippen LogP contribution in [-0.2, 0) is 20.7 Å². The molecule has 3 heterocycles. The minimum atomic E-state index is -2.63. The van der Waals surface area contributed by atoms with Crippen molar-refractivity contribution in [3.63, 3.8) is 0 Å². The molecule has 0 unspecified atom stereocenters. The number of ether oxygens (including phenoxy) is 3. The van der Waals surface area contributed by atoms with Crippen LogP contribution in [0.15, 0.2) is 18.2 Å². The molecule has 5 rings (SSSR count). The Hall–Kier alpha value is -3.57. The molecular weight excluding hydrogens is 598 g/mol. The predicted octanol–water partition coefficient (Wildman–Crippen LogP) is 5.88. The van der Waals surface area contributed by atoms with Crippen molar-refractivity contribution in [1.29, 1.82) is 0 Å². The zero-order valence-electron chi connectivity index (χ0n) is 27.6. The van der Waals surface area contributed by atoms with Crippen molar-refractivity contribution in [3.8, 4) is 11.6 Å². The molecule has 1 aliphatic carbocycles. The van der Waals surface area contributed by atoms with Crippen LogP contribution in [0.25, 0.3) is 11.0 Å². The quantitative estimate of drug-likeness (QED) is 0.429. The van der Waals surface area contributed by atoms with E-state index in [1.54, 1.807) is 33.9 Å². The number of benzene rings is 1. The third kappa shape index (κ3) is 7.05. The average Bonchev–Trinajstić information content (AvgIpc) is 3.49. The van der Waals surface area contributed by atoms with Crippen molar-refractivity contribution >= 4 is 28.8 Å². The number of alkyl carbamates (subject to hydrolysis) is 1. The summed E-state index contributed by atoms with van der Waals surface area (Å²) < 4.78 is 45.1. The first-order valence-corrected chi connectivity index (χ1v) is 16.4. The first-order chi connectivity index (χ1) is 21.8. The number of alkyl halides is 2. The molecule has 2 bridgehead atoms. The van der Waals surface area contributed by atoms with E-state index in [0.717, 1.165) is 19.3 Å². The van der Waals surface area contributed by atoms with Crippen LogP contribution in [0.5, 0.6) is 11.6 Å². The normalized spacial score (nSPS) is 29.2. The predicted molar refractivity (Wildman–Crippen MR) is 167 cm³/mol. The molecule has 1 aromatic carbocycles. The summed E-state index contributed by atoms with van der Waals surface area (Å²) in [5, 5.41) is 2.70. The van der Waals surface area contributed by atoms with Crippen LogP contribution in [-0.4, -0.2) is 76.5 Å². The number of rotatable bonds is 5. The number of carbonyl (C=O) groups is 3. The lowest BCUT2D eigenvalue weighted by Gasteiger charge is -2.35. The maximum absolute atomic E-state index is 14.3. The van der Waals surface area contributed by atoms with E-state index in [0.29, 0.717) is 54.0 Å². The van der Waals surface area contributed by atoms with Crippen LogP contribution >= 0.6 is 0 Å². The number of aromatic nitrogens is 2. The molecule has 46 heavy (non-hydrogen) atoms. The Morgan fingerprint density at radius 3 is 2.59 bits per heavy atom. The number of aryl methyl sites for hydroxylation is 1. The molecule has 12 heteroatoms. The number of Topliss-reactive ketones (excluding diaryl/α,β-unsaturated/α-hetero) is 1. The van der Waals surface area contributed by atoms with Gasteiger partial charge in [-0.3, -0.25) is 9.59 Å². The van der Waals surface area contributed by atoms with Gasteiger partial charge >= 0.3 is 6.09 Å². The molecule has 2 fully saturated rings. The van der Waals surface area contributed by atoms with Crippen LogP contribution in [0.2, 0.25) is 0 Å². The molecule has 1 saturated carbocycles. The highest BCUT2D eigenvalue weighted by molar-refractivity contribution is 5.92. The van der Waals surface area contributed by atoms with Gasteiger partial charge in [0, 0.05) is 24.3 Å². The molecule has 2 amide bonds. The highest BCUT2D eigenvalue weighted by atomic mass is 19.3. The number of halogens is 2. The summed E-state index contributed by atoms with van der Waals surface area (Å²) in [4.78, 5) is 52.0. The Morgan fingerprint density at radius 2 is 1.93 bits per heavy atom. The van der Waals surface area contributed by atoms with E-state index >= 15 is 0 Å². The lowest BCUT2D eigenvalue weighted by Crippen LogP contribution is -2.57. The monoisotopic (exact) mass is 644 g/mol. The van der Waals surface area contributed by atoms with Gasteiger partial charge in [0.2, 0.25) is 18.2 Å². The fourth-order valence-electron chi connectivity index (χ4n) is 7.23.